The van der Waals surface area contributed by atoms with Crippen molar-refractivity contribution in [3.8, 4) is 17.5 Å². The van der Waals surface area contributed by atoms with Gasteiger partial charge in [-0.25, -0.2) is 23.4 Å². The lowest BCUT2D eigenvalue weighted by Crippen LogP contribution is -2.08. The van der Waals surface area contributed by atoms with Gasteiger partial charge in [0.2, 0.25) is 0 Å². The van der Waals surface area contributed by atoms with Crippen LogP contribution in [0.3, 0.4) is 0 Å². The summed E-state index contributed by atoms with van der Waals surface area (Å²) in [6, 6.07) is 12.7. The maximum Gasteiger partial charge on any atom is 0.164 e. The number of nitrogens with one attached hydrogen (secondary N) is 1. The summed E-state index contributed by atoms with van der Waals surface area (Å²) in [7, 11) is 1.79. The molecule has 0 fully saturated rings. The number of fused-ring (bicyclic) bond motifs is 1. The van der Waals surface area contributed by atoms with Crippen LogP contribution in [0.4, 0.5) is 14.6 Å². The summed E-state index contributed by atoms with van der Waals surface area (Å²) in [6.45, 7) is 1.89. The summed E-state index contributed by atoms with van der Waals surface area (Å²) >= 11 is 0. The van der Waals surface area contributed by atoms with Gasteiger partial charge in [-0.2, -0.15) is 10.4 Å². The first kappa shape index (κ1) is 19.5. The van der Waals surface area contributed by atoms with Gasteiger partial charge in [-0.05, 0) is 42.8 Å². The number of benzene rings is 2. The van der Waals surface area contributed by atoms with Crippen LogP contribution in [0.15, 0.2) is 42.5 Å². The van der Waals surface area contributed by atoms with E-state index in [0.717, 1.165) is 11.3 Å². The highest BCUT2D eigenvalue weighted by atomic mass is 19.1. The smallest absolute Gasteiger partial charge is 0.164 e. The van der Waals surface area contributed by atoms with Gasteiger partial charge in [0.15, 0.2) is 11.5 Å². The second kappa shape index (κ2) is 7.87. The first-order valence-corrected chi connectivity index (χ1v) is 9.42. The summed E-state index contributed by atoms with van der Waals surface area (Å²) in [4.78, 5) is 9.26. The Morgan fingerprint density at radius 3 is 2.40 bits per heavy atom. The molecule has 2 aromatic carbocycles. The predicted octanol–water partition coefficient (Wildman–Crippen LogP) is 4.35. The van der Waals surface area contributed by atoms with E-state index in [-0.39, 0.29) is 12.1 Å². The lowest BCUT2D eigenvalue weighted by atomic mass is 10.1. The number of rotatable bonds is 5. The van der Waals surface area contributed by atoms with Crippen LogP contribution in [0, 0.1) is 23.0 Å². The molecule has 0 aliphatic rings. The van der Waals surface area contributed by atoms with Gasteiger partial charge in [-0.1, -0.05) is 13.0 Å². The van der Waals surface area contributed by atoms with Crippen LogP contribution >= 0.6 is 0 Å². The maximum atomic E-state index is 14.1. The number of hydrogen-bond donors (Lipinski definition) is 1. The Bertz CT molecular complexity index is 1250. The van der Waals surface area contributed by atoms with Crippen molar-refractivity contribution in [2.24, 2.45) is 7.05 Å². The molecule has 8 heteroatoms. The summed E-state index contributed by atoms with van der Waals surface area (Å²) in [5.74, 6) is -0.370. The van der Waals surface area contributed by atoms with Crippen LogP contribution in [-0.2, 0) is 20.0 Å². The molecule has 4 rings (SSSR count). The van der Waals surface area contributed by atoms with Crippen molar-refractivity contribution in [1.82, 2.24) is 19.7 Å². The van der Waals surface area contributed by atoms with Crippen LogP contribution in [0.25, 0.3) is 22.4 Å². The highest BCUT2D eigenvalue weighted by Crippen LogP contribution is 2.28. The van der Waals surface area contributed by atoms with Crippen molar-refractivity contribution in [3.63, 3.8) is 0 Å². The summed E-state index contributed by atoms with van der Waals surface area (Å²) < 4.78 is 29.8. The number of hydrogen-bond acceptors (Lipinski definition) is 5. The molecule has 0 radical (unpaired) electrons. The van der Waals surface area contributed by atoms with E-state index in [1.165, 1.54) is 18.2 Å². The zero-order valence-corrected chi connectivity index (χ0v) is 16.4. The first-order chi connectivity index (χ1) is 14.5. The van der Waals surface area contributed by atoms with Crippen molar-refractivity contribution in [3.05, 3.63) is 70.9 Å². The molecule has 150 valence electrons. The Hall–Kier alpha value is -3.86. The maximum absolute atomic E-state index is 14.1. The van der Waals surface area contributed by atoms with E-state index < -0.39 is 11.6 Å². The highest BCUT2D eigenvalue weighted by Gasteiger charge is 2.18. The number of aromatic nitrogens is 4. The minimum Gasteiger partial charge on any atom is -0.365 e. The van der Waals surface area contributed by atoms with E-state index in [9.17, 15) is 8.78 Å². The molecule has 0 unspecified atom stereocenters. The summed E-state index contributed by atoms with van der Waals surface area (Å²) in [5.41, 5.74) is 2.58. The number of nitrogens with zero attached hydrogens (tertiary/aromatic N) is 5. The van der Waals surface area contributed by atoms with Crippen molar-refractivity contribution in [2.45, 2.75) is 19.9 Å². The van der Waals surface area contributed by atoms with Crippen molar-refractivity contribution < 1.29 is 8.78 Å². The Kier molecular flexibility index (Phi) is 5.11. The third kappa shape index (κ3) is 3.46. The molecular weight excluding hydrogens is 386 g/mol. The summed E-state index contributed by atoms with van der Waals surface area (Å²) in [6.07, 6.45) is 0.652. The number of aryl methyl sites for hydroxylation is 2. The molecule has 0 aliphatic carbocycles. The van der Waals surface area contributed by atoms with Gasteiger partial charge >= 0.3 is 0 Å². The molecule has 0 saturated heterocycles. The highest BCUT2D eigenvalue weighted by molar-refractivity contribution is 5.91. The van der Waals surface area contributed by atoms with Gasteiger partial charge in [0, 0.05) is 24.7 Å². The van der Waals surface area contributed by atoms with E-state index in [0.29, 0.717) is 34.7 Å². The molecule has 1 N–H and O–H groups in total. The molecule has 0 atom stereocenters. The second-order valence-electron chi connectivity index (χ2n) is 6.76. The van der Waals surface area contributed by atoms with Crippen molar-refractivity contribution in [2.75, 3.05) is 5.32 Å². The van der Waals surface area contributed by atoms with E-state index in [2.05, 4.69) is 26.5 Å². The van der Waals surface area contributed by atoms with Gasteiger partial charge in [0.25, 0.3) is 0 Å². The van der Waals surface area contributed by atoms with Crippen LogP contribution in [-0.4, -0.2) is 19.7 Å². The number of nitriles is 1. The molecule has 0 spiro atoms. The van der Waals surface area contributed by atoms with Crippen LogP contribution in [0.1, 0.15) is 23.7 Å². The Morgan fingerprint density at radius 1 is 1.07 bits per heavy atom. The van der Waals surface area contributed by atoms with E-state index in [4.69, 9.17) is 5.26 Å². The third-order valence-corrected chi connectivity index (χ3v) is 4.86. The lowest BCUT2D eigenvalue weighted by Gasteiger charge is -2.11. The fourth-order valence-corrected chi connectivity index (χ4v) is 3.30. The van der Waals surface area contributed by atoms with E-state index in [1.54, 1.807) is 36.0 Å². The monoisotopic (exact) mass is 404 g/mol. The minimum absolute atomic E-state index is 0.0638. The van der Waals surface area contributed by atoms with Crippen LogP contribution in [0.5, 0.6) is 0 Å². The average Bonchev–Trinajstić information content (AvgIpc) is 3.09. The topological polar surface area (TPSA) is 79.4 Å². The molecular formula is C22H18F2N6. The fraction of sp³-hybridized carbons (Fsp3) is 0.182. The van der Waals surface area contributed by atoms with Gasteiger partial charge in [0.1, 0.15) is 17.5 Å². The van der Waals surface area contributed by atoms with Crippen molar-refractivity contribution in [1.29, 1.82) is 5.26 Å². The largest absolute Gasteiger partial charge is 0.365 e. The first-order valence-electron chi connectivity index (χ1n) is 9.42. The van der Waals surface area contributed by atoms with Crippen LogP contribution < -0.4 is 5.32 Å². The molecule has 6 nitrogen and oxygen atoms in total. The van der Waals surface area contributed by atoms with Gasteiger partial charge < -0.3 is 5.32 Å². The summed E-state index contributed by atoms with van der Waals surface area (Å²) in [5, 5.41) is 17.3. The van der Waals surface area contributed by atoms with E-state index in [1.807, 2.05) is 6.92 Å². The second-order valence-corrected chi connectivity index (χ2v) is 6.76. The zero-order chi connectivity index (χ0) is 21.3. The van der Waals surface area contributed by atoms with Crippen LogP contribution in [0.2, 0.25) is 0 Å². The van der Waals surface area contributed by atoms with Gasteiger partial charge in [0.05, 0.1) is 22.7 Å². The van der Waals surface area contributed by atoms with Gasteiger partial charge in [-0.3, -0.25) is 0 Å². The number of halogens is 2. The van der Waals surface area contributed by atoms with Crippen molar-refractivity contribution >= 4 is 16.9 Å². The Labute approximate surface area is 171 Å². The Morgan fingerprint density at radius 2 is 1.77 bits per heavy atom. The molecule has 30 heavy (non-hydrogen) atoms. The minimum atomic E-state index is -0.623. The van der Waals surface area contributed by atoms with Gasteiger partial charge in [-0.15, -0.1) is 0 Å². The molecule has 4 aromatic rings. The normalized spacial score (nSPS) is 10.9. The zero-order valence-electron chi connectivity index (χ0n) is 16.4. The van der Waals surface area contributed by atoms with E-state index >= 15 is 0 Å². The number of anilines is 1. The molecule has 0 saturated carbocycles. The average molecular weight is 404 g/mol. The Balaban J connectivity index is 1.82. The predicted molar refractivity (Wildman–Crippen MR) is 110 cm³/mol. The SMILES string of the molecule is CCc1nn(C)c2nc(-c3ccc(C#N)cc3)nc(NCc3c(F)cccc3F)c12. The quantitative estimate of drug-likeness (QED) is 0.535. The molecule has 2 aromatic heterocycles. The molecule has 0 aliphatic heterocycles. The lowest BCUT2D eigenvalue weighted by molar-refractivity contribution is 0.560. The molecule has 0 amide bonds. The standard InChI is InChI=1S/C22H18F2N6/c1-3-18-19-21(26-12-15-16(23)5-4-6-17(15)24)27-20(28-22(19)30(2)29-18)14-9-7-13(11-25)8-10-14/h4-10H,3,12H2,1-2H3,(H,26,27,28). The third-order valence-electron chi connectivity index (χ3n) is 4.86. The molecule has 0 bridgehead atoms. The fourth-order valence-electron chi connectivity index (χ4n) is 3.30. The molecule has 2 heterocycles.